The summed E-state index contributed by atoms with van der Waals surface area (Å²) in [5.41, 5.74) is 4.19. The molecule has 0 fully saturated rings. The maximum absolute atomic E-state index is 13.4. The van der Waals surface area contributed by atoms with Crippen LogP contribution in [-0.4, -0.2) is 41.7 Å². The molecule has 8 nitrogen and oxygen atoms in total. The monoisotopic (exact) mass is 455 g/mol. The number of nitrogens with zero attached hydrogens (tertiary/aromatic N) is 3. The molecule has 0 atom stereocenters. The minimum absolute atomic E-state index is 0.137. The molecule has 2 aromatic carbocycles. The molecular weight excluding hydrogens is 430 g/mol. The van der Waals surface area contributed by atoms with Crippen molar-refractivity contribution in [2.75, 3.05) is 29.6 Å². The number of aromatic nitrogens is 1. The van der Waals surface area contributed by atoms with Gasteiger partial charge in [-0.05, 0) is 59.7 Å². The van der Waals surface area contributed by atoms with Crippen molar-refractivity contribution >= 4 is 40.4 Å². The molecule has 172 valence electrons. The van der Waals surface area contributed by atoms with Gasteiger partial charge >= 0.3 is 0 Å². The van der Waals surface area contributed by atoms with Crippen LogP contribution in [0.15, 0.2) is 78.8 Å². The number of benzene rings is 2. The van der Waals surface area contributed by atoms with Gasteiger partial charge in [0.1, 0.15) is 5.70 Å². The zero-order chi connectivity index (χ0) is 24.2. The quantitative estimate of drug-likeness (QED) is 0.530. The van der Waals surface area contributed by atoms with Crippen LogP contribution in [0, 0.1) is 0 Å². The van der Waals surface area contributed by atoms with Gasteiger partial charge in [-0.3, -0.25) is 24.3 Å². The Morgan fingerprint density at radius 2 is 1.50 bits per heavy atom. The molecule has 4 rings (SSSR count). The van der Waals surface area contributed by atoms with E-state index in [2.05, 4.69) is 15.6 Å². The lowest BCUT2D eigenvalue weighted by Gasteiger charge is -2.16. The van der Waals surface area contributed by atoms with E-state index in [4.69, 9.17) is 0 Å². The van der Waals surface area contributed by atoms with Crippen LogP contribution in [0.2, 0.25) is 0 Å². The van der Waals surface area contributed by atoms with Crippen LogP contribution in [-0.2, 0) is 20.9 Å². The van der Waals surface area contributed by atoms with Crippen molar-refractivity contribution in [3.8, 4) is 0 Å². The van der Waals surface area contributed by atoms with Crippen LogP contribution < -0.4 is 15.5 Å². The number of rotatable bonds is 7. The molecule has 1 aliphatic rings. The molecule has 2 heterocycles. The molecule has 0 spiro atoms. The van der Waals surface area contributed by atoms with Crippen LogP contribution in [0.5, 0.6) is 0 Å². The smallest absolute Gasteiger partial charge is 0.278 e. The molecule has 8 heteroatoms. The lowest BCUT2D eigenvalue weighted by atomic mass is 10.0. The van der Waals surface area contributed by atoms with E-state index in [1.807, 2.05) is 43.3 Å². The lowest BCUT2D eigenvalue weighted by Crippen LogP contribution is -2.32. The Kier molecular flexibility index (Phi) is 6.40. The van der Waals surface area contributed by atoms with Gasteiger partial charge in [-0.25, -0.2) is 0 Å². The van der Waals surface area contributed by atoms with Crippen LogP contribution in [0.1, 0.15) is 18.1 Å². The fourth-order valence-electron chi connectivity index (χ4n) is 3.68. The number of imide groups is 1. The first-order chi connectivity index (χ1) is 16.3. The summed E-state index contributed by atoms with van der Waals surface area (Å²) in [6.45, 7) is 1.56. The highest BCUT2D eigenvalue weighted by Crippen LogP contribution is 2.32. The maximum Gasteiger partial charge on any atom is 0.278 e. The van der Waals surface area contributed by atoms with E-state index in [0.29, 0.717) is 16.9 Å². The average Bonchev–Trinajstić information content (AvgIpc) is 3.04. The summed E-state index contributed by atoms with van der Waals surface area (Å²) < 4.78 is 0. The van der Waals surface area contributed by atoms with Gasteiger partial charge in [0.25, 0.3) is 11.8 Å². The van der Waals surface area contributed by atoms with Crippen molar-refractivity contribution in [1.82, 2.24) is 9.88 Å². The molecule has 34 heavy (non-hydrogen) atoms. The third-order valence-corrected chi connectivity index (χ3v) is 5.41. The van der Waals surface area contributed by atoms with Crippen molar-refractivity contribution in [1.29, 1.82) is 0 Å². The molecule has 0 radical (unpaired) electrons. The predicted octanol–water partition coefficient (Wildman–Crippen LogP) is 3.50. The van der Waals surface area contributed by atoms with E-state index in [-0.39, 0.29) is 29.6 Å². The Labute approximate surface area is 197 Å². The molecule has 0 bridgehead atoms. The molecule has 3 aromatic rings. The topological polar surface area (TPSA) is 94.6 Å². The maximum atomic E-state index is 13.4. The van der Waals surface area contributed by atoms with Gasteiger partial charge in [-0.2, -0.15) is 0 Å². The van der Waals surface area contributed by atoms with Crippen LogP contribution in [0.3, 0.4) is 0 Å². The first kappa shape index (κ1) is 22.7. The zero-order valence-corrected chi connectivity index (χ0v) is 19.2. The highest BCUT2D eigenvalue weighted by Gasteiger charge is 2.39. The van der Waals surface area contributed by atoms with Gasteiger partial charge in [0.2, 0.25) is 5.91 Å². The van der Waals surface area contributed by atoms with Gasteiger partial charge in [-0.1, -0.05) is 12.1 Å². The normalized spacial score (nSPS) is 13.3. The summed E-state index contributed by atoms with van der Waals surface area (Å²) in [5.74, 6) is -0.980. The molecule has 3 amide bonds. The average molecular weight is 456 g/mol. The van der Waals surface area contributed by atoms with E-state index < -0.39 is 5.91 Å². The molecule has 0 unspecified atom stereocenters. The van der Waals surface area contributed by atoms with Crippen molar-refractivity contribution in [2.24, 2.45) is 0 Å². The number of nitrogens with one attached hydrogen (secondary N) is 2. The third-order valence-electron chi connectivity index (χ3n) is 5.41. The minimum atomic E-state index is -0.403. The Balaban J connectivity index is 1.70. The number of carbonyl (C=O) groups is 3. The Morgan fingerprint density at radius 3 is 2.09 bits per heavy atom. The van der Waals surface area contributed by atoms with Gasteiger partial charge in [0.05, 0.1) is 12.1 Å². The number of pyridine rings is 1. The molecule has 2 N–H and O–H groups in total. The Bertz CT molecular complexity index is 1250. The van der Waals surface area contributed by atoms with Crippen LogP contribution >= 0.6 is 0 Å². The second kappa shape index (κ2) is 9.58. The van der Waals surface area contributed by atoms with Crippen LogP contribution in [0.25, 0.3) is 5.57 Å². The summed E-state index contributed by atoms with van der Waals surface area (Å²) in [6, 6.07) is 18.0. The van der Waals surface area contributed by atoms with Gasteiger partial charge in [0, 0.05) is 50.5 Å². The fourth-order valence-corrected chi connectivity index (χ4v) is 3.68. The first-order valence-corrected chi connectivity index (χ1v) is 10.8. The van der Waals surface area contributed by atoms with E-state index >= 15 is 0 Å². The first-order valence-electron chi connectivity index (χ1n) is 10.8. The van der Waals surface area contributed by atoms with Crippen molar-refractivity contribution in [3.05, 3.63) is 89.9 Å². The van der Waals surface area contributed by atoms with Gasteiger partial charge in [-0.15, -0.1) is 0 Å². The van der Waals surface area contributed by atoms with Crippen LogP contribution in [0.4, 0.5) is 17.1 Å². The Morgan fingerprint density at radius 1 is 0.882 bits per heavy atom. The summed E-state index contributed by atoms with van der Waals surface area (Å²) >= 11 is 0. The summed E-state index contributed by atoms with van der Waals surface area (Å²) in [5, 5.41) is 5.87. The van der Waals surface area contributed by atoms with E-state index in [1.54, 1.807) is 48.8 Å². The van der Waals surface area contributed by atoms with Crippen molar-refractivity contribution < 1.29 is 14.4 Å². The van der Waals surface area contributed by atoms with E-state index in [9.17, 15) is 14.4 Å². The highest BCUT2D eigenvalue weighted by molar-refractivity contribution is 6.36. The van der Waals surface area contributed by atoms with Crippen molar-refractivity contribution in [3.63, 3.8) is 0 Å². The molecule has 1 aromatic heterocycles. The summed E-state index contributed by atoms with van der Waals surface area (Å²) in [7, 11) is 3.90. The standard InChI is InChI=1S/C26H25N5O3/c1-17(32)28-20-6-4-19(5-7-20)23-24(29-21-8-10-22(11-9-21)30(2)3)26(34)31(25(23)33)16-18-12-14-27-15-13-18/h4-15,29H,16H2,1-3H3,(H,28,32). The molecule has 0 saturated carbocycles. The zero-order valence-electron chi connectivity index (χ0n) is 19.2. The van der Waals surface area contributed by atoms with Gasteiger partial charge in [0.15, 0.2) is 0 Å². The second-order valence-corrected chi connectivity index (χ2v) is 8.13. The fraction of sp³-hybridized carbons (Fsp3) is 0.154. The summed E-state index contributed by atoms with van der Waals surface area (Å²) in [6.07, 6.45) is 3.25. The second-order valence-electron chi connectivity index (χ2n) is 8.13. The van der Waals surface area contributed by atoms with E-state index in [1.165, 1.54) is 11.8 Å². The van der Waals surface area contributed by atoms with Gasteiger partial charge < -0.3 is 15.5 Å². The highest BCUT2D eigenvalue weighted by atomic mass is 16.2. The predicted molar refractivity (Wildman–Crippen MR) is 132 cm³/mol. The molecule has 0 saturated heterocycles. The molecular formula is C26H25N5O3. The SMILES string of the molecule is CC(=O)Nc1ccc(C2=C(Nc3ccc(N(C)C)cc3)C(=O)N(Cc3ccncc3)C2=O)cc1. The number of carbonyl (C=O) groups excluding carboxylic acids is 3. The number of anilines is 3. The van der Waals surface area contributed by atoms with E-state index in [0.717, 1.165) is 11.3 Å². The number of hydrogen-bond donors (Lipinski definition) is 2. The number of hydrogen-bond acceptors (Lipinski definition) is 6. The molecule has 1 aliphatic heterocycles. The third kappa shape index (κ3) is 4.80. The number of amides is 3. The van der Waals surface area contributed by atoms with Crippen molar-refractivity contribution in [2.45, 2.75) is 13.5 Å². The molecule has 0 aliphatic carbocycles. The lowest BCUT2D eigenvalue weighted by molar-refractivity contribution is -0.137. The largest absolute Gasteiger partial charge is 0.378 e. The minimum Gasteiger partial charge on any atom is -0.378 e. The Hall–Kier alpha value is -4.46. The summed E-state index contributed by atoms with van der Waals surface area (Å²) in [4.78, 5) is 45.4.